The van der Waals surface area contributed by atoms with E-state index >= 15 is 0 Å². The Hall–Kier alpha value is -2.15. The van der Waals surface area contributed by atoms with Gasteiger partial charge in [0, 0.05) is 0 Å². The van der Waals surface area contributed by atoms with E-state index < -0.39 is 6.09 Å². The lowest BCUT2D eigenvalue weighted by atomic mass is 10.3. The number of amides is 1. The molecule has 6 nitrogen and oxygen atoms in total. The summed E-state index contributed by atoms with van der Waals surface area (Å²) in [6.07, 6.45) is 1.68. The first-order chi connectivity index (χ1) is 9.67. The number of para-hydroxylation sites is 2. The average molecular weight is 295 g/mol. The van der Waals surface area contributed by atoms with Gasteiger partial charge in [-0.3, -0.25) is 5.32 Å². The van der Waals surface area contributed by atoms with Gasteiger partial charge in [-0.2, -0.15) is 0 Å². The molecule has 0 saturated carbocycles. The third-order valence-electron chi connectivity index (χ3n) is 2.14. The molecular weight excluding hydrogens is 278 g/mol. The second-order valence-corrected chi connectivity index (χ2v) is 4.10. The van der Waals surface area contributed by atoms with Crippen LogP contribution in [0.3, 0.4) is 0 Å². The van der Waals surface area contributed by atoms with Gasteiger partial charge in [-0.25, -0.2) is 9.79 Å². The molecule has 0 heterocycles. The number of thiocarbonyl (C=S) groups is 1. The van der Waals surface area contributed by atoms with Crippen molar-refractivity contribution in [3.8, 4) is 0 Å². The van der Waals surface area contributed by atoms with Gasteiger partial charge in [0.2, 0.25) is 0 Å². The molecule has 1 amide bonds. The van der Waals surface area contributed by atoms with Crippen LogP contribution < -0.4 is 10.6 Å². The largest absolute Gasteiger partial charge is 0.483 e. The Kier molecular flexibility index (Phi) is 7.05. The number of aliphatic imine (C=N–C) groups is 1. The number of anilines is 1. The molecule has 0 aliphatic heterocycles. The SMILES string of the molecule is CCCOC=Nc1ccccc1NC(=S)NC(=O)OC. The van der Waals surface area contributed by atoms with Crippen molar-refractivity contribution >= 4 is 41.2 Å². The van der Waals surface area contributed by atoms with E-state index in [2.05, 4.69) is 20.4 Å². The molecule has 20 heavy (non-hydrogen) atoms. The summed E-state index contributed by atoms with van der Waals surface area (Å²) in [5, 5.41) is 5.36. The van der Waals surface area contributed by atoms with Crippen molar-refractivity contribution in [1.82, 2.24) is 5.32 Å². The van der Waals surface area contributed by atoms with Crippen molar-refractivity contribution in [2.75, 3.05) is 19.0 Å². The number of rotatable bonds is 5. The fraction of sp³-hybridized carbons (Fsp3) is 0.308. The minimum Gasteiger partial charge on any atom is -0.483 e. The van der Waals surface area contributed by atoms with Crippen LogP contribution in [0.2, 0.25) is 0 Å². The Balaban J connectivity index is 2.67. The molecule has 0 aliphatic rings. The molecule has 0 fully saturated rings. The predicted octanol–water partition coefficient (Wildman–Crippen LogP) is 2.83. The maximum absolute atomic E-state index is 11.0. The Bertz CT molecular complexity index is 492. The molecule has 108 valence electrons. The third kappa shape index (κ3) is 5.66. The van der Waals surface area contributed by atoms with Crippen LogP contribution in [-0.2, 0) is 9.47 Å². The molecule has 0 spiro atoms. The van der Waals surface area contributed by atoms with Gasteiger partial charge < -0.3 is 14.8 Å². The quantitative estimate of drug-likeness (QED) is 0.378. The first-order valence-electron chi connectivity index (χ1n) is 6.06. The molecule has 1 aromatic rings. The molecule has 2 N–H and O–H groups in total. The number of nitrogens with zero attached hydrogens (tertiary/aromatic N) is 1. The third-order valence-corrected chi connectivity index (χ3v) is 2.35. The molecular formula is C13H17N3O3S. The highest BCUT2D eigenvalue weighted by Crippen LogP contribution is 2.23. The second kappa shape index (κ2) is 8.87. The first kappa shape index (κ1) is 15.9. The standard InChI is InChI=1S/C13H17N3O3S/c1-3-8-19-9-14-10-6-4-5-7-11(10)15-12(20)16-13(17)18-2/h4-7,9H,3,8H2,1-2H3,(H2,15,16,17,20). The minimum absolute atomic E-state index is 0.133. The number of nitrogens with one attached hydrogen (secondary N) is 2. The summed E-state index contributed by atoms with van der Waals surface area (Å²) in [5.74, 6) is 0. The van der Waals surface area contributed by atoms with Crippen LogP contribution in [0.25, 0.3) is 0 Å². The summed E-state index contributed by atoms with van der Waals surface area (Å²) in [6.45, 7) is 2.63. The monoisotopic (exact) mass is 295 g/mol. The normalized spacial score (nSPS) is 10.1. The van der Waals surface area contributed by atoms with E-state index in [-0.39, 0.29) is 5.11 Å². The van der Waals surface area contributed by atoms with Gasteiger partial charge in [0.25, 0.3) is 0 Å². The topological polar surface area (TPSA) is 72.0 Å². The fourth-order valence-electron chi connectivity index (χ4n) is 1.25. The van der Waals surface area contributed by atoms with Gasteiger partial charge in [0.1, 0.15) is 0 Å². The summed E-state index contributed by atoms with van der Waals surface area (Å²) >= 11 is 4.99. The van der Waals surface area contributed by atoms with Crippen LogP contribution in [0.1, 0.15) is 13.3 Å². The van der Waals surface area contributed by atoms with Crippen molar-refractivity contribution in [2.24, 2.45) is 4.99 Å². The summed E-state index contributed by atoms with van der Waals surface area (Å²) in [5.41, 5.74) is 1.31. The molecule has 0 saturated heterocycles. The predicted molar refractivity (Wildman–Crippen MR) is 82.6 cm³/mol. The summed E-state index contributed by atoms with van der Waals surface area (Å²) in [4.78, 5) is 15.2. The van der Waals surface area contributed by atoms with Crippen LogP contribution in [0.15, 0.2) is 29.3 Å². The van der Waals surface area contributed by atoms with Crippen LogP contribution in [-0.4, -0.2) is 31.3 Å². The van der Waals surface area contributed by atoms with Crippen LogP contribution >= 0.6 is 12.2 Å². The summed E-state index contributed by atoms with van der Waals surface area (Å²) in [7, 11) is 1.27. The van der Waals surface area contributed by atoms with E-state index in [9.17, 15) is 4.79 Å². The summed E-state index contributed by atoms with van der Waals surface area (Å²) in [6, 6.07) is 7.26. The molecule has 0 bridgehead atoms. The molecule has 7 heteroatoms. The molecule has 1 aromatic carbocycles. The number of carbonyl (C=O) groups is 1. The summed E-state index contributed by atoms with van der Waals surface area (Å²) < 4.78 is 9.64. The highest BCUT2D eigenvalue weighted by molar-refractivity contribution is 7.80. The van der Waals surface area contributed by atoms with Gasteiger partial charge >= 0.3 is 6.09 Å². The van der Waals surface area contributed by atoms with Crippen molar-refractivity contribution in [3.63, 3.8) is 0 Å². The van der Waals surface area contributed by atoms with Gasteiger partial charge in [0.15, 0.2) is 11.5 Å². The van der Waals surface area contributed by atoms with Gasteiger partial charge in [-0.05, 0) is 30.8 Å². The van der Waals surface area contributed by atoms with Crippen LogP contribution in [0, 0.1) is 0 Å². The lowest BCUT2D eigenvalue weighted by Gasteiger charge is -2.10. The fourth-order valence-corrected chi connectivity index (χ4v) is 1.45. The highest BCUT2D eigenvalue weighted by atomic mass is 32.1. The lowest BCUT2D eigenvalue weighted by molar-refractivity contribution is 0.177. The van der Waals surface area contributed by atoms with Crippen LogP contribution in [0.4, 0.5) is 16.2 Å². The Morgan fingerprint density at radius 2 is 2.20 bits per heavy atom. The van der Waals surface area contributed by atoms with E-state index in [0.29, 0.717) is 18.0 Å². The number of carbonyl (C=O) groups excluding carboxylic acids is 1. The molecule has 0 atom stereocenters. The van der Waals surface area contributed by atoms with E-state index in [1.807, 2.05) is 19.1 Å². The van der Waals surface area contributed by atoms with Gasteiger partial charge in [0.05, 0.1) is 25.1 Å². The molecule has 1 rings (SSSR count). The van der Waals surface area contributed by atoms with Crippen molar-refractivity contribution < 1.29 is 14.3 Å². The number of benzene rings is 1. The highest BCUT2D eigenvalue weighted by Gasteiger charge is 2.06. The Morgan fingerprint density at radius 1 is 1.45 bits per heavy atom. The van der Waals surface area contributed by atoms with Crippen molar-refractivity contribution in [2.45, 2.75) is 13.3 Å². The maximum Gasteiger partial charge on any atom is 0.413 e. The minimum atomic E-state index is -0.630. The smallest absolute Gasteiger partial charge is 0.413 e. The number of methoxy groups -OCH3 is 1. The molecule has 0 aromatic heterocycles. The molecule has 0 radical (unpaired) electrons. The first-order valence-corrected chi connectivity index (χ1v) is 6.47. The lowest BCUT2D eigenvalue weighted by Crippen LogP contribution is -2.33. The van der Waals surface area contributed by atoms with E-state index in [1.54, 1.807) is 12.1 Å². The zero-order valence-electron chi connectivity index (χ0n) is 11.4. The number of hydrogen-bond donors (Lipinski definition) is 2. The number of alkyl carbamates (subject to hydrolysis) is 1. The van der Waals surface area contributed by atoms with E-state index in [0.717, 1.165) is 6.42 Å². The Morgan fingerprint density at radius 3 is 2.90 bits per heavy atom. The van der Waals surface area contributed by atoms with E-state index in [4.69, 9.17) is 17.0 Å². The molecule has 0 aliphatic carbocycles. The van der Waals surface area contributed by atoms with Crippen molar-refractivity contribution in [3.05, 3.63) is 24.3 Å². The van der Waals surface area contributed by atoms with Gasteiger partial charge in [-0.15, -0.1) is 0 Å². The maximum atomic E-state index is 11.0. The zero-order valence-corrected chi connectivity index (χ0v) is 12.2. The van der Waals surface area contributed by atoms with Gasteiger partial charge in [-0.1, -0.05) is 19.1 Å². The number of hydrogen-bond acceptors (Lipinski definition) is 5. The average Bonchev–Trinajstić information content (AvgIpc) is 2.45. The number of ether oxygens (including phenoxy) is 2. The Labute approximate surface area is 123 Å². The molecule has 0 unspecified atom stereocenters. The van der Waals surface area contributed by atoms with Crippen LogP contribution in [0.5, 0.6) is 0 Å². The van der Waals surface area contributed by atoms with E-state index in [1.165, 1.54) is 13.5 Å². The van der Waals surface area contributed by atoms with Crippen molar-refractivity contribution in [1.29, 1.82) is 0 Å². The second-order valence-electron chi connectivity index (χ2n) is 3.69. The zero-order chi connectivity index (χ0) is 14.8.